The summed E-state index contributed by atoms with van der Waals surface area (Å²) in [5, 5.41) is 22.7. The molecule has 0 spiro atoms. The van der Waals surface area contributed by atoms with Crippen LogP contribution in [0, 0.1) is 17.0 Å². The molecule has 2 aromatic rings. The first-order valence-electron chi connectivity index (χ1n) is 11.8. The number of non-ortho nitro benzene ring substituents is 1. The number of aryl methyl sites for hydroxylation is 1. The Morgan fingerprint density at radius 2 is 1.92 bits per heavy atom. The number of nitro groups is 1. The molecule has 10 nitrogen and oxygen atoms in total. The van der Waals surface area contributed by atoms with Crippen LogP contribution in [-0.4, -0.2) is 78.0 Å². The molecule has 0 saturated carbocycles. The lowest BCUT2D eigenvalue weighted by Crippen LogP contribution is -2.39. The van der Waals surface area contributed by atoms with E-state index in [1.807, 2.05) is 0 Å². The quantitative estimate of drug-likeness (QED) is 0.195. The molecule has 2 aliphatic heterocycles. The Hall–Kier alpha value is -3.76. The van der Waals surface area contributed by atoms with Gasteiger partial charge in [-0.3, -0.25) is 24.6 Å². The summed E-state index contributed by atoms with van der Waals surface area (Å²) < 4.78 is 10.7. The Labute approximate surface area is 208 Å². The van der Waals surface area contributed by atoms with E-state index in [2.05, 4.69) is 4.90 Å². The van der Waals surface area contributed by atoms with Gasteiger partial charge in [-0.25, -0.2) is 0 Å². The first-order valence-corrected chi connectivity index (χ1v) is 11.8. The second kappa shape index (κ2) is 10.9. The van der Waals surface area contributed by atoms with E-state index >= 15 is 0 Å². The van der Waals surface area contributed by atoms with Gasteiger partial charge in [0.05, 0.1) is 36.9 Å². The Morgan fingerprint density at radius 3 is 2.58 bits per heavy atom. The summed E-state index contributed by atoms with van der Waals surface area (Å²) in [4.78, 5) is 40.9. The average molecular weight is 496 g/mol. The van der Waals surface area contributed by atoms with Crippen LogP contribution in [0.25, 0.3) is 5.76 Å². The topological polar surface area (TPSA) is 122 Å². The molecule has 10 heteroatoms. The van der Waals surface area contributed by atoms with Crippen LogP contribution in [0.1, 0.15) is 29.2 Å². The Balaban J connectivity index is 1.73. The van der Waals surface area contributed by atoms with Crippen LogP contribution in [0.3, 0.4) is 0 Å². The number of Topliss-reactive ketones (excluding diaryl/α,β-unsaturated/α-hetero) is 1. The fraction of sp³-hybridized carbons (Fsp3) is 0.385. The zero-order valence-electron chi connectivity index (χ0n) is 20.3. The Morgan fingerprint density at radius 1 is 1.17 bits per heavy atom. The van der Waals surface area contributed by atoms with Gasteiger partial charge >= 0.3 is 0 Å². The number of aliphatic hydroxyl groups is 1. The molecule has 2 saturated heterocycles. The van der Waals surface area contributed by atoms with E-state index in [1.54, 1.807) is 31.2 Å². The van der Waals surface area contributed by atoms with E-state index in [0.29, 0.717) is 43.1 Å². The van der Waals surface area contributed by atoms with Gasteiger partial charge < -0.3 is 19.5 Å². The maximum absolute atomic E-state index is 13.2. The number of rotatable bonds is 8. The third-order valence-electron chi connectivity index (χ3n) is 6.58. The molecular weight excluding hydrogens is 466 g/mol. The number of morpholine rings is 1. The lowest BCUT2D eigenvalue weighted by Gasteiger charge is -2.29. The third kappa shape index (κ3) is 5.09. The second-order valence-electron chi connectivity index (χ2n) is 8.84. The maximum Gasteiger partial charge on any atom is 0.295 e. The lowest BCUT2D eigenvalue weighted by atomic mass is 9.94. The summed E-state index contributed by atoms with van der Waals surface area (Å²) in [6, 6.07) is 9.84. The number of likely N-dealkylation sites (tertiary alicyclic amines) is 1. The molecule has 190 valence electrons. The zero-order chi connectivity index (χ0) is 25.8. The average Bonchev–Trinajstić information content (AvgIpc) is 3.14. The number of carbonyl (C=O) groups is 2. The number of carbonyl (C=O) groups excluding carboxylic acids is 2. The number of benzene rings is 2. The molecule has 0 unspecified atom stereocenters. The van der Waals surface area contributed by atoms with Gasteiger partial charge in [-0.1, -0.05) is 12.1 Å². The molecule has 2 aromatic carbocycles. The number of hydrogen-bond acceptors (Lipinski definition) is 8. The van der Waals surface area contributed by atoms with Crippen molar-refractivity contribution in [2.75, 3.05) is 46.5 Å². The highest BCUT2D eigenvalue weighted by Gasteiger charge is 2.46. The number of hydrogen-bond donors (Lipinski definition) is 1. The van der Waals surface area contributed by atoms with Crippen LogP contribution in [0.5, 0.6) is 5.75 Å². The van der Waals surface area contributed by atoms with E-state index in [4.69, 9.17) is 9.47 Å². The molecule has 36 heavy (non-hydrogen) atoms. The van der Waals surface area contributed by atoms with Crippen molar-refractivity contribution < 1.29 is 29.1 Å². The first kappa shape index (κ1) is 25.3. The van der Waals surface area contributed by atoms with Crippen molar-refractivity contribution in [2.45, 2.75) is 19.4 Å². The fourth-order valence-corrected chi connectivity index (χ4v) is 4.74. The predicted octanol–water partition coefficient (Wildman–Crippen LogP) is 3.06. The van der Waals surface area contributed by atoms with Crippen LogP contribution in [-0.2, 0) is 14.3 Å². The van der Waals surface area contributed by atoms with Crippen molar-refractivity contribution in [2.24, 2.45) is 0 Å². The number of methoxy groups -OCH3 is 1. The highest BCUT2D eigenvalue weighted by atomic mass is 16.6. The first-order chi connectivity index (χ1) is 17.3. The minimum atomic E-state index is -0.947. The summed E-state index contributed by atoms with van der Waals surface area (Å²) in [6.07, 6.45) is 0.597. The molecule has 1 atom stereocenters. The minimum absolute atomic E-state index is 0.0866. The Bertz CT molecular complexity index is 1200. The van der Waals surface area contributed by atoms with Crippen LogP contribution >= 0.6 is 0 Å². The number of nitro benzene ring substituents is 1. The van der Waals surface area contributed by atoms with Gasteiger partial charge in [0.15, 0.2) is 0 Å². The second-order valence-corrected chi connectivity index (χ2v) is 8.84. The van der Waals surface area contributed by atoms with Gasteiger partial charge in [0.1, 0.15) is 11.5 Å². The van der Waals surface area contributed by atoms with Crippen molar-refractivity contribution >= 4 is 23.1 Å². The molecule has 0 aromatic heterocycles. The van der Waals surface area contributed by atoms with E-state index in [-0.39, 0.29) is 23.6 Å². The van der Waals surface area contributed by atoms with Crippen LogP contribution in [0.4, 0.5) is 5.69 Å². The number of aliphatic hydroxyl groups excluding tert-OH is 1. The van der Waals surface area contributed by atoms with Crippen molar-refractivity contribution in [3.05, 3.63) is 74.8 Å². The molecule has 2 aliphatic rings. The minimum Gasteiger partial charge on any atom is -0.507 e. The summed E-state index contributed by atoms with van der Waals surface area (Å²) in [5.41, 5.74) is 1.24. The van der Waals surface area contributed by atoms with Gasteiger partial charge in [-0.15, -0.1) is 0 Å². The smallest absolute Gasteiger partial charge is 0.295 e. The lowest BCUT2D eigenvalue weighted by molar-refractivity contribution is -0.384. The molecule has 1 N–H and O–H groups in total. The largest absolute Gasteiger partial charge is 0.507 e. The Kier molecular flexibility index (Phi) is 7.66. The summed E-state index contributed by atoms with van der Waals surface area (Å²) in [6.45, 7) is 5.67. The van der Waals surface area contributed by atoms with Gasteiger partial charge in [0, 0.05) is 43.9 Å². The molecule has 0 radical (unpaired) electrons. The molecule has 0 bridgehead atoms. The van der Waals surface area contributed by atoms with Gasteiger partial charge in [0.25, 0.3) is 17.4 Å². The van der Waals surface area contributed by atoms with E-state index in [0.717, 1.165) is 18.7 Å². The number of ketones is 1. The number of nitrogens with zero attached hydrogens (tertiary/aromatic N) is 3. The van der Waals surface area contributed by atoms with Crippen molar-refractivity contribution in [3.8, 4) is 5.75 Å². The SMILES string of the molecule is COc1ccc(/C(O)=C2\C(=O)C(=O)N(CCCN3CCOCC3)[C@H]2c2cccc([N+](=O)[O-])c2)cc1C. The van der Waals surface area contributed by atoms with Crippen molar-refractivity contribution in [1.82, 2.24) is 9.80 Å². The molecular formula is C26H29N3O7. The molecule has 2 heterocycles. The van der Waals surface area contributed by atoms with Crippen LogP contribution in [0.15, 0.2) is 48.0 Å². The molecule has 2 fully saturated rings. The standard InChI is InChI=1S/C26H29N3O7/c1-17-15-19(7-8-21(17)35-2)24(30)22-23(18-5-3-6-20(16-18)29(33)34)28(26(32)25(22)31)10-4-9-27-11-13-36-14-12-27/h3,5-8,15-16,23,30H,4,9-14H2,1-2H3/b24-22+/t23-/m0/s1. The normalized spacial score (nSPS) is 20.1. The van der Waals surface area contributed by atoms with Crippen molar-refractivity contribution in [1.29, 1.82) is 0 Å². The molecule has 1 amide bonds. The zero-order valence-corrected chi connectivity index (χ0v) is 20.3. The van der Waals surface area contributed by atoms with E-state index < -0.39 is 22.7 Å². The monoisotopic (exact) mass is 495 g/mol. The summed E-state index contributed by atoms with van der Waals surface area (Å²) in [5.74, 6) is -1.26. The van der Waals surface area contributed by atoms with Crippen LogP contribution in [0.2, 0.25) is 0 Å². The van der Waals surface area contributed by atoms with Gasteiger partial charge in [-0.05, 0) is 42.7 Å². The fourth-order valence-electron chi connectivity index (χ4n) is 4.74. The highest BCUT2D eigenvalue weighted by molar-refractivity contribution is 6.46. The number of amides is 1. The number of ether oxygens (including phenoxy) is 2. The molecule has 4 rings (SSSR count). The third-order valence-corrected chi connectivity index (χ3v) is 6.58. The van der Waals surface area contributed by atoms with Crippen molar-refractivity contribution in [3.63, 3.8) is 0 Å². The van der Waals surface area contributed by atoms with Gasteiger partial charge in [-0.2, -0.15) is 0 Å². The summed E-state index contributed by atoms with van der Waals surface area (Å²) >= 11 is 0. The predicted molar refractivity (Wildman–Crippen MR) is 132 cm³/mol. The highest BCUT2D eigenvalue weighted by Crippen LogP contribution is 2.40. The molecule has 0 aliphatic carbocycles. The van der Waals surface area contributed by atoms with Gasteiger partial charge in [0.2, 0.25) is 0 Å². The van der Waals surface area contributed by atoms with E-state index in [1.165, 1.54) is 30.2 Å². The van der Waals surface area contributed by atoms with E-state index in [9.17, 15) is 24.8 Å². The van der Waals surface area contributed by atoms with Crippen LogP contribution < -0.4 is 4.74 Å². The summed E-state index contributed by atoms with van der Waals surface area (Å²) in [7, 11) is 1.53. The maximum atomic E-state index is 13.2.